The van der Waals surface area contributed by atoms with Gasteiger partial charge in [-0.3, -0.25) is 0 Å². The first kappa shape index (κ1) is 9.31. The fourth-order valence-corrected chi connectivity index (χ4v) is 1.11. The molecule has 78 valence electrons. The molecule has 8 nitrogen and oxygen atoms in total. The Labute approximate surface area is 84.2 Å². The third kappa shape index (κ3) is 1.98. The van der Waals surface area contributed by atoms with Crippen molar-refractivity contribution < 1.29 is 9.90 Å². The molecule has 1 N–H and O–H groups in total. The molecule has 2 heterocycles. The predicted molar refractivity (Wildman–Crippen MR) is 47.1 cm³/mol. The first-order valence-electron chi connectivity index (χ1n) is 4.13. The van der Waals surface area contributed by atoms with Gasteiger partial charge in [-0.1, -0.05) is 0 Å². The van der Waals surface area contributed by atoms with Crippen molar-refractivity contribution in [3.8, 4) is 0 Å². The van der Waals surface area contributed by atoms with Crippen LogP contribution in [0.15, 0.2) is 12.5 Å². The molecule has 8 heteroatoms. The second kappa shape index (κ2) is 3.48. The molecule has 0 aliphatic rings. The highest BCUT2D eigenvalue weighted by atomic mass is 16.4. The number of carbonyl (C=O) groups is 1. The van der Waals surface area contributed by atoms with Crippen molar-refractivity contribution in [3.05, 3.63) is 24.0 Å². The Morgan fingerprint density at radius 1 is 1.60 bits per heavy atom. The number of nitrogens with zero attached hydrogens (tertiary/aromatic N) is 6. The lowest BCUT2D eigenvalue weighted by Gasteiger charge is -1.93. The first-order chi connectivity index (χ1) is 7.15. The Balaban J connectivity index is 2.14. The van der Waals surface area contributed by atoms with Crippen LogP contribution in [0.25, 0.3) is 0 Å². The van der Waals surface area contributed by atoms with Crippen LogP contribution in [0.2, 0.25) is 0 Å². The van der Waals surface area contributed by atoms with Crippen molar-refractivity contribution in [1.82, 2.24) is 29.8 Å². The van der Waals surface area contributed by atoms with Crippen LogP contribution in [0.1, 0.15) is 16.3 Å². The minimum atomic E-state index is -1.05. The smallest absolute Gasteiger partial charge is 0.356 e. The number of hydrogen-bond donors (Lipinski definition) is 1. The second-order valence-electron chi connectivity index (χ2n) is 2.93. The summed E-state index contributed by atoms with van der Waals surface area (Å²) in [6, 6.07) is 0. The van der Waals surface area contributed by atoms with E-state index in [0.717, 1.165) is 0 Å². The fourth-order valence-electron chi connectivity index (χ4n) is 1.11. The molecule has 15 heavy (non-hydrogen) atoms. The number of aromatic carboxylic acids is 1. The molecule has 2 rings (SSSR count). The number of aromatic nitrogens is 6. The van der Waals surface area contributed by atoms with Gasteiger partial charge in [0.05, 0.1) is 19.9 Å². The highest BCUT2D eigenvalue weighted by molar-refractivity contribution is 5.84. The summed E-state index contributed by atoms with van der Waals surface area (Å²) in [5, 5.41) is 20.0. The van der Waals surface area contributed by atoms with Gasteiger partial charge >= 0.3 is 5.97 Å². The van der Waals surface area contributed by atoms with Gasteiger partial charge in [0.2, 0.25) is 0 Å². The first-order valence-corrected chi connectivity index (χ1v) is 4.13. The van der Waals surface area contributed by atoms with E-state index in [1.54, 1.807) is 11.6 Å². The molecule has 0 radical (unpaired) electrons. The maximum absolute atomic E-state index is 10.5. The number of carboxylic acids is 1. The highest BCUT2D eigenvalue weighted by Gasteiger charge is 2.08. The average Bonchev–Trinajstić information content (AvgIpc) is 2.76. The standard InChI is InChI=1S/C7H8N6O2/c1-12-10-6(9-11-12)3-13-2-5(7(14)15)8-4-13/h2,4H,3H2,1H3,(H,14,15). The van der Waals surface area contributed by atoms with Crippen LogP contribution >= 0.6 is 0 Å². The Bertz CT molecular complexity index is 487. The van der Waals surface area contributed by atoms with E-state index in [2.05, 4.69) is 20.4 Å². The van der Waals surface area contributed by atoms with Gasteiger partial charge in [-0.25, -0.2) is 9.78 Å². The molecule has 0 fully saturated rings. The molecule has 0 saturated heterocycles. The van der Waals surface area contributed by atoms with E-state index in [0.29, 0.717) is 12.4 Å². The van der Waals surface area contributed by atoms with E-state index in [4.69, 9.17) is 5.11 Å². The lowest BCUT2D eigenvalue weighted by atomic mass is 10.5. The molecule has 0 bridgehead atoms. The van der Waals surface area contributed by atoms with Gasteiger partial charge in [-0.15, -0.1) is 10.2 Å². The van der Waals surface area contributed by atoms with Crippen molar-refractivity contribution in [2.24, 2.45) is 7.05 Å². The number of aryl methyl sites for hydroxylation is 1. The maximum atomic E-state index is 10.5. The van der Waals surface area contributed by atoms with Crippen LogP contribution in [0.3, 0.4) is 0 Å². The molecular weight excluding hydrogens is 200 g/mol. The van der Waals surface area contributed by atoms with Crippen LogP contribution in [-0.4, -0.2) is 40.8 Å². The van der Waals surface area contributed by atoms with Gasteiger partial charge in [0.25, 0.3) is 0 Å². The number of carboxylic acid groups (broad SMARTS) is 1. The van der Waals surface area contributed by atoms with Crippen molar-refractivity contribution in [3.63, 3.8) is 0 Å². The summed E-state index contributed by atoms with van der Waals surface area (Å²) in [5.74, 6) is -0.548. The molecule has 0 amide bonds. The molecule has 0 aliphatic heterocycles. The number of imidazole rings is 1. The Morgan fingerprint density at radius 2 is 2.40 bits per heavy atom. The molecule has 0 aliphatic carbocycles. The molecule has 2 aromatic rings. The van der Waals surface area contributed by atoms with Gasteiger partial charge < -0.3 is 9.67 Å². The van der Waals surface area contributed by atoms with Gasteiger partial charge in [-0.05, 0) is 5.21 Å². The van der Waals surface area contributed by atoms with Gasteiger partial charge in [0, 0.05) is 6.20 Å². The largest absolute Gasteiger partial charge is 0.476 e. The summed E-state index contributed by atoms with van der Waals surface area (Å²) in [7, 11) is 1.66. The summed E-state index contributed by atoms with van der Waals surface area (Å²) < 4.78 is 1.58. The summed E-state index contributed by atoms with van der Waals surface area (Å²) in [6.07, 6.45) is 2.83. The lowest BCUT2D eigenvalue weighted by molar-refractivity contribution is 0.0691. The minimum Gasteiger partial charge on any atom is -0.476 e. The second-order valence-corrected chi connectivity index (χ2v) is 2.93. The molecule has 0 saturated carbocycles. The number of hydrogen-bond acceptors (Lipinski definition) is 5. The summed E-state index contributed by atoms with van der Waals surface area (Å²) in [4.78, 5) is 15.6. The Morgan fingerprint density at radius 3 is 2.93 bits per heavy atom. The van der Waals surface area contributed by atoms with Crippen LogP contribution in [0, 0.1) is 0 Å². The zero-order valence-electron chi connectivity index (χ0n) is 7.90. The number of rotatable bonds is 3. The fraction of sp³-hybridized carbons (Fsp3) is 0.286. The monoisotopic (exact) mass is 208 g/mol. The third-order valence-corrected chi connectivity index (χ3v) is 1.73. The Hall–Kier alpha value is -2.25. The van der Waals surface area contributed by atoms with E-state index in [-0.39, 0.29) is 5.69 Å². The van der Waals surface area contributed by atoms with E-state index in [1.807, 2.05) is 0 Å². The van der Waals surface area contributed by atoms with E-state index in [1.165, 1.54) is 17.3 Å². The van der Waals surface area contributed by atoms with Gasteiger partial charge in [0.15, 0.2) is 11.5 Å². The topological polar surface area (TPSA) is 98.7 Å². The van der Waals surface area contributed by atoms with Crippen molar-refractivity contribution in [2.45, 2.75) is 6.54 Å². The van der Waals surface area contributed by atoms with Crippen molar-refractivity contribution in [1.29, 1.82) is 0 Å². The molecule has 2 aromatic heterocycles. The molecular formula is C7H8N6O2. The highest BCUT2D eigenvalue weighted by Crippen LogP contribution is 1.98. The summed E-state index contributed by atoms with van der Waals surface area (Å²) >= 11 is 0. The molecule has 0 unspecified atom stereocenters. The maximum Gasteiger partial charge on any atom is 0.356 e. The third-order valence-electron chi connectivity index (χ3n) is 1.73. The normalized spacial score (nSPS) is 10.5. The molecule has 0 aromatic carbocycles. The van der Waals surface area contributed by atoms with Crippen LogP contribution in [-0.2, 0) is 13.6 Å². The van der Waals surface area contributed by atoms with Crippen LogP contribution in [0.4, 0.5) is 0 Å². The van der Waals surface area contributed by atoms with E-state index >= 15 is 0 Å². The zero-order valence-corrected chi connectivity index (χ0v) is 7.90. The number of tetrazole rings is 1. The zero-order chi connectivity index (χ0) is 10.8. The minimum absolute atomic E-state index is 0.00103. The summed E-state index contributed by atoms with van der Waals surface area (Å²) in [6.45, 7) is 0.355. The van der Waals surface area contributed by atoms with Crippen LogP contribution < -0.4 is 0 Å². The van der Waals surface area contributed by atoms with E-state index in [9.17, 15) is 4.79 Å². The SMILES string of the molecule is Cn1nnc(Cn2cnc(C(=O)O)c2)n1. The van der Waals surface area contributed by atoms with Crippen molar-refractivity contribution >= 4 is 5.97 Å². The van der Waals surface area contributed by atoms with Gasteiger partial charge in [-0.2, -0.15) is 4.80 Å². The molecule has 0 atom stereocenters. The molecule has 0 spiro atoms. The van der Waals surface area contributed by atoms with Crippen LogP contribution in [0.5, 0.6) is 0 Å². The summed E-state index contributed by atoms with van der Waals surface area (Å²) in [5.41, 5.74) is -0.00103. The quantitative estimate of drug-likeness (QED) is 0.705. The average molecular weight is 208 g/mol. The lowest BCUT2D eigenvalue weighted by Crippen LogP contribution is -2.00. The predicted octanol–water partition coefficient (Wildman–Crippen LogP) is -0.847. The van der Waals surface area contributed by atoms with E-state index < -0.39 is 5.97 Å². The van der Waals surface area contributed by atoms with Crippen molar-refractivity contribution in [2.75, 3.05) is 0 Å². The Kier molecular flexibility index (Phi) is 2.16. The van der Waals surface area contributed by atoms with Gasteiger partial charge in [0.1, 0.15) is 0 Å².